The molecule has 1 aliphatic heterocycles. The molecule has 3 rings (SSSR count). The Morgan fingerprint density at radius 3 is 2.50 bits per heavy atom. The molecular weight excluding hydrogens is 393 g/mol. The Balaban J connectivity index is 1.82. The third kappa shape index (κ3) is 4.39. The van der Waals surface area contributed by atoms with Crippen LogP contribution in [0.25, 0.3) is 0 Å². The average molecular weight is 416 g/mol. The molecule has 0 radical (unpaired) electrons. The van der Waals surface area contributed by atoms with Gasteiger partial charge >= 0.3 is 6.18 Å². The van der Waals surface area contributed by atoms with E-state index in [4.69, 9.17) is 0 Å². The number of imidazole rings is 1. The van der Waals surface area contributed by atoms with Crippen molar-refractivity contribution in [2.24, 2.45) is 13.0 Å². The SMILES string of the molecule is CC(CNC1CN(S(=O)(=O)c2cn(C)cn2)CC1c1ccccc1)C(F)(F)F. The third-order valence-corrected chi connectivity index (χ3v) is 6.76. The lowest BCUT2D eigenvalue weighted by molar-refractivity contribution is -0.168. The van der Waals surface area contributed by atoms with E-state index in [2.05, 4.69) is 10.3 Å². The number of rotatable bonds is 6. The highest BCUT2D eigenvalue weighted by atomic mass is 32.2. The van der Waals surface area contributed by atoms with Gasteiger partial charge in [-0.1, -0.05) is 37.3 Å². The van der Waals surface area contributed by atoms with Crippen molar-refractivity contribution in [3.05, 3.63) is 48.4 Å². The fourth-order valence-electron chi connectivity index (χ4n) is 3.31. The van der Waals surface area contributed by atoms with Gasteiger partial charge in [0.25, 0.3) is 10.0 Å². The predicted octanol–water partition coefficient (Wildman–Crippen LogP) is 2.36. The van der Waals surface area contributed by atoms with E-state index in [0.717, 1.165) is 12.5 Å². The highest BCUT2D eigenvalue weighted by molar-refractivity contribution is 7.89. The van der Waals surface area contributed by atoms with Gasteiger partial charge in [-0.2, -0.15) is 17.5 Å². The Morgan fingerprint density at radius 1 is 1.25 bits per heavy atom. The van der Waals surface area contributed by atoms with Gasteiger partial charge in [0.2, 0.25) is 0 Å². The number of alkyl halides is 3. The van der Waals surface area contributed by atoms with Crippen LogP contribution in [0.5, 0.6) is 0 Å². The molecule has 1 fully saturated rings. The highest BCUT2D eigenvalue weighted by Crippen LogP contribution is 2.32. The smallest absolute Gasteiger partial charge is 0.339 e. The molecule has 0 bridgehead atoms. The number of hydrogen-bond donors (Lipinski definition) is 1. The second-order valence-electron chi connectivity index (χ2n) is 7.17. The molecule has 0 saturated carbocycles. The lowest BCUT2D eigenvalue weighted by Crippen LogP contribution is -2.41. The molecule has 0 aliphatic carbocycles. The number of aromatic nitrogens is 2. The zero-order valence-corrected chi connectivity index (χ0v) is 16.4. The van der Waals surface area contributed by atoms with E-state index in [1.165, 1.54) is 16.8 Å². The molecule has 1 aromatic carbocycles. The van der Waals surface area contributed by atoms with Crippen LogP contribution in [-0.4, -0.2) is 54.1 Å². The summed E-state index contributed by atoms with van der Waals surface area (Å²) in [6, 6.07) is 8.81. The summed E-state index contributed by atoms with van der Waals surface area (Å²) in [5.41, 5.74) is 0.887. The van der Waals surface area contributed by atoms with Crippen LogP contribution in [0.15, 0.2) is 47.9 Å². The fraction of sp³-hybridized carbons (Fsp3) is 0.500. The summed E-state index contributed by atoms with van der Waals surface area (Å²) in [7, 11) is -2.15. The van der Waals surface area contributed by atoms with Crippen molar-refractivity contribution in [3.63, 3.8) is 0 Å². The second-order valence-corrected chi connectivity index (χ2v) is 9.06. The van der Waals surface area contributed by atoms with Gasteiger partial charge in [-0.05, 0) is 5.56 Å². The number of nitrogens with zero attached hydrogens (tertiary/aromatic N) is 3. The van der Waals surface area contributed by atoms with Gasteiger partial charge in [-0.25, -0.2) is 13.4 Å². The van der Waals surface area contributed by atoms with E-state index >= 15 is 0 Å². The number of halogens is 3. The van der Waals surface area contributed by atoms with Crippen LogP contribution >= 0.6 is 0 Å². The summed E-state index contributed by atoms with van der Waals surface area (Å²) in [5.74, 6) is -1.77. The van der Waals surface area contributed by atoms with Gasteiger partial charge in [0.15, 0.2) is 5.03 Å². The number of benzene rings is 1. The normalized spacial score (nSPS) is 22.5. The Kier molecular flexibility index (Phi) is 5.83. The summed E-state index contributed by atoms with van der Waals surface area (Å²) < 4.78 is 67.3. The van der Waals surface area contributed by atoms with E-state index in [1.807, 2.05) is 30.3 Å². The maximum Gasteiger partial charge on any atom is 0.392 e. The second kappa shape index (κ2) is 7.84. The standard InChI is InChI=1S/C18H23F3N4O2S/c1-13(18(19,20)21)8-22-16-10-25(9-15(16)14-6-4-3-5-7-14)28(26,27)17-11-24(2)12-23-17/h3-7,11-13,15-16,22H,8-10H2,1-2H3. The molecular formula is C18H23F3N4O2S. The maximum absolute atomic E-state index is 12.9. The van der Waals surface area contributed by atoms with Crippen molar-refractivity contribution in [1.82, 2.24) is 19.2 Å². The van der Waals surface area contributed by atoms with E-state index in [1.54, 1.807) is 11.6 Å². The number of aryl methyl sites for hydroxylation is 1. The number of sulfonamides is 1. The quantitative estimate of drug-likeness (QED) is 0.785. The van der Waals surface area contributed by atoms with E-state index in [9.17, 15) is 21.6 Å². The Labute approximate surface area is 162 Å². The van der Waals surface area contributed by atoms with Crippen LogP contribution in [0.2, 0.25) is 0 Å². The zero-order chi connectivity index (χ0) is 20.5. The van der Waals surface area contributed by atoms with Crippen molar-refractivity contribution in [3.8, 4) is 0 Å². The van der Waals surface area contributed by atoms with Gasteiger partial charge in [-0.15, -0.1) is 0 Å². The Morgan fingerprint density at radius 2 is 1.93 bits per heavy atom. The van der Waals surface area contributed by atoms with Crippen molar-refractivity contribution < 1.29 is 21.6 Å². The van der Waals surface area contributed by atoms with Crippen molar-refractivity contribution in [2.75, 3.05) is 19.6 Å². The molecule has 10 heteroatoms. The summed E-state index contributed by atoms with van der Waals surface area (Å²) in [6.07, 6.45) is -1.48. The lowest BCUT2D eigenvalue weighted by Gasteiger charge is -2.23. The van der Waals surface area contributed by atoms with Crippen molar-refractivity contribution >= 4 is 10.0 Å². The predicted molar refractivity (Wildman–Crippen MR) is 98.2 cm³/mol. The van der Waals surface area contributed by atoms with Gasteiger partial charge in [0.1, 0.15) is 0 Å². The topological polar surface area (TPSA) is 67.2 Å². The molecule has 2 heterocycles. The molecule has 1 aliphatic rings. The maximum atomic E-state index is 12.9. The van der Waals surface area contributed by atoms with Crippen LogP contribution < -0.4 is 5.32 Å². The Bertz CT molecular complexity index is 899. The molecule has 28 heavy (non-hydrogen) atoms. The minimum Gasteiger partial charge on any atom is -0.339 e. The first kappa shape index (κ1) is 20.8. The number of hydrogen-bond acceptors (Lipinski definition) is 4. The van der Waals surface area contributed by atoms with Crippen molar-refractivity contribution in [1.29, 1.82) is 0 Å². The van der Waals surface area contributed by atoms with Crippen LogP contribution in [0.4, 0.5) is 13.2 Å². The van der Waals surface area contributed by atoms with Gasteiger partial charge in [0, 0.05) is 44.8 Å². The molecule has 6 nitrogen and oxygen atoms in total. The lowest BCUT2D eigenvalue weighted by atomic mass is 9.94. The van der Waals surface area contributed by atoms with E-state index < -0.39 is 28.2 Å². The van der Waals surface area contributed by atoms with Crippen LogP contribution in [-0.2, 0) is 17.1 Å². The fourth-order valence-corrected chi connectivity index (χ4v) is 4.77. The minimum absolute atomic E-state index is 0.0638. The zero-order valence-electron chi connectivity index (χ0n) is 15.6. The van der Waals surface area contributed by atoms with Crippen LogP contribution in [0.3, 0.4) is 0 Å². The first-order valence-electron chi connectivity index (χ1n) is 8.92. The Hall–Kier alpha value is -1.91. The molecule has 154 valence electrons. The molecule has 1 saturated heterocycles. The molecule has 2 aromatic rings. The summed E-state index contributed by atoms with van der Waals surface area (Å²) in [5, 5.41) is 2.88. The van der Waals surface area contributed by atoms with E-state index in [0.29, 0.717) is 0 Å². The van der Waals surface area contributed by atoms with E-state index in [-0.39, 0.29) is 30.6 Å². The summed E-state index contributed by atoms with van der Waals surface area (Å²) in [6.45, 7) is 1.11. The molecule has 0 amide bonds. The monoisotopic (exact) mass is 416 g/mol. The molecule has 1 aromatic heterocycles. The van der Waals surface area contributed by atoms with Gasteiger partial charge in [0.05, 0.1) is 12.2 Å². The number of nitrogens with one attached hydrogen (secondary N) is 1. The highest BCUT2D eigenvalue weighted by Gasteiger charge is 2.42. The minimum atomic E-state index is -4.30. The van der Waals surface area contributed by atoms with Crippen LogP contribution in [0, 0.1) is 5.92 Å². The molecule has 1 N–H and O–H groups in total. The van der Waals surface area contributed by atoms with Crippen LogP contribution in [0.1, 0.15) is 18.4 Å². The van der Waals surface area contributed by atoms with Gasteiger partial charge < -0.3 is 9.88 Å². The molecule has 3 unspecified atom stereocenters. The summed E-state index contributed by atoms with van der Waals surface area (Å²) in [4.78, 5) is 3.93. The first-order valence-corrected chi connectivity index (χ1v) is 10.4. The van der Waals surface area contributed by atoms with Crippen molar-refractivity contribution in [2.45, 2.75) is 30.1 Å². The third-order valence-electron chi connectivity index (χ3n) is 5.04. The molecule has 3 atom stereocenters. The first-order chi connectivity index (χ1) is 13.1. The van der Waals surface area contributed by atoms with Gasteiger partial charge in [-0.3, -0.25) is 0 Å². The molecule has 0 spiro atoms. The average Bonchev–Trinajstić information content (AvgIpc) is 3.26. The largest absolute Gasteiger partial charge is 0.392 e. The summed E-state index contributed by atoms with van der Waals surface area (Å²) >= 11 is 0.